The topological polar surface area (TPSA) is 70.7 Å². The van der Waals surface area contributed by atoms with E-state index in [9.17, 15) is 18.4 Å². The van der Waals surface area contributed by atoms with E-state index in [1.165, 1.54) is 13.0 Å². The first kappa shape index (κ1) is 20.6. The Hall–Kier alpha value is -3.16. The van der Waals surface area contributed by atoms with Crippen LogP contribution in [-0.4, -0.2) is 36.0 Å². The quantitative estimate of drug-likeness (QED) is 0.773. The van der Waals surface area contributed by atoms with Gasteiger partial charge in [0, 0.05) is 31.4 Å². The van der Waals surface area contributed by atoms with E-state index in [-0.39, 0.29) is 18.3 Å². The molecule has 1 fully saturated rings. The lowest BCUT2D eigenvalue weighted by molar-refractivity contribution is -0.127. The van der Waals surface area contributed by atoms with Crippen molar-refractivity contribution in [3.05, 3.63) is 59.7 Å². The van der Waals surface area contributed by atoms with Gasteiger partial charge in [0.2, 0.25) is 0 Å². The van der Waals surface area contributed by atoms with Gasteiger partial charge in [-0.05, 0) is 49.6 Å². The Morgan fingerprint density at radius 1 is 1.10 bits per heavy atom. The molecule has 8 heteroatoms. The van der Waals surface area contributed by atoms with Crippen molar-refractivity contribution in [2.45, 2.75) is 32.4 Å². The summed E-state index contributed by atoms with van der Waals surface area (Å²) in [4.78, 5) is 26.2. The second-order valence-electron chi connectivity index (χ2n) is 6.88. The highest BCUT2D eigenvalue weighted by molar-refractivity contribution is 5.89. The summed E-state index contributed by atoms with van der Waals surface area (Å²) in [5.74, 6) is -2.35. The van der Waals surface area contributed by atoms with Crippen LogP contribution in [0, 0.1) is 11.6 Å². The summed E-state index contributed by atoms with van der Waals surface area (Å²) >= 11 is 0. The Morgan fingerprint density at radius 3 is 2.59 bits per heavy atom. The molecule has 3 amide bonds. The van der Waals surface area contributed by atoms with Crippen LogP contribution in [0.25, 0.3) is 0 Å². The maximum atomic E-state index is 13.2. The normalized spacial score (nSPS) is 14.4. The third-order valence-corrected chi connectivity index (χ3v) is 4.61. The number of rotatable bonds is 6. The lowest BCUT2D eigenvalue weighted by Gasteiger charge is -2.17. The summed E-state index contributed by atoms with van der Waals surface area (Å²) in [6, 6.07) is 10.2. The number of urea groups is 1. The number of nitrogens with one attached hydrogen (secondary N) is 2. The third kappa shape index (κ3) is 5.66. The highest BCUT2D eigenvalue weighted by atomic mass is 19.2. The van der Waals surface area contributed by atoms with E-state index in [4.69, 9.17) is 4.74 Å². The van der Waals surface area contributed by atoms with Crippen LogP contribution in [0.1, 0.15) is 25.3 Å². The summed E-state index contributed by atoms with van der Waals surface area (Å²) in [6.45, 7) is 3.27. The molecule has 1 aliphatic rings. The van der Waals surface area contributed by atoms with Crippen molar-refractivity contribution >= 4 is 17.6 Å². The molecule has 0 saturated carbocycles. The summed E-state index contributed by atoms with van der Waals surface area (Å²) in [6.07, 6.45) is 1.15. The number of nitrogens with zero attached hydrogens (tertiary/aromatic N) is 1. The van der Waals surface area contributed by atoms with Gasteiger partial charge in [0.1, 0.15) is 5.75 Å². The van der Waals surface area contributed by atoms with Crippen LogP contribution < -0.4 is 15.4 Å². The lowest BCUT2D eigenvalue weighted by Crippen LogP contribution is -2.36. The summed E-state index contributed by atoms with van der Waals surface area (Å²) in [5.41, 5.74) is 1.46. The monoisotopic (exact) mass is 403 g/mol. The molecule has 1 unspecified atom stereocenters. The maximum absolute atomic E-state index is 13.2. The first-order valence-corrected chi connectivity index (χ1v) is 9.46. The standard InChI is InChI=1S/C21H23F2N3O3/c1-14(29-17-7-8-18(22)19(23)12-17)20(27)24-13-15-5-4-6-16(11-15)25-21(28)26-9-2-3-10-26/h4-8,11-12,14H,2-3,9-10,13H2,1H3,(H,24,27)(H,25,28). The molecule has 0 aromatic heterocycles. The second-order valence-corrected chi connectivity index (χ2v) is 6.88. The Bertz CT molecular complexity index is 885. The van der Waals surface area contributed by atoms with Crippen molar-refractivity contribution in [2.75, 3.05) is 18.4 Å². The molecule has 0 aliphatic carbocycles. The molecular formula is C21H23F2N3O3. The van der Waals surface area contributed by atoms with Crippen LogP contribution in [0.3, 0.4) is 0 Å². The number of benzene rings is 2. The summed E-state index contributed by atoms with van der Waals surface area (Å²) in [7, 11) is 0. The molecule has 0 bridgehead atoms. The van der Waals surface area contributed by atoms with Gasteiger partial charge in [0.25, 0.3) is 5.91 Å². The summed E-state index contributed by atoms with van der Waals surface area (Å²) in [5, 5.41) is 5.59. The van der Waals surface area contributed by atoms with E-state index in [2.05, 4.69) is 10.6 Å². The average molecular weight is 403 g/mol. The zero-order chi connectivity index (χ0) is 20.8. The molecule has 0 spiro atoms. The zero-order valence-electron chi connectivity index (χ0n) is 16.1. The fourth-order valence-corrected chi connectivity index (χ4v) is 3.02. The van der Waals surface area contributed by atoms with Crippen LogP contribution >= 0.6 is 0 Å². The molecule has 1 aliphatic heterocycles. The van der Waals surface area contributed by atoms with Gasteiger partial charge >= 0.3 is 6.03 Å². The molecule has 3 rings (SSSR count). The molecule has 0 radical (unpaired) electrons. The number of carbonyl (C=O) groups excluding carboxylic acids is 2. The fraction of sp³-hybridized carbons (Fsp3) is 0.333. The molecule has 29 heavy (non-hydrogen) atoms. The number of halogens is 2. The molecule has 1 atom stereocenters. The highest BCUT2D eigenvalue weighted by Gasteiger charge is 2.18. The van der Waals surface area contributed by atoms with Crippen LogP contribution in [0.4, 0.5) is 19.3 Å². The Labute approximate surface area is 167 Å². The molecule has 2 aromatic carbocycles. The zero-order valence-corrected chi connectivity index (χ0v) is 16.1. The molecule has 1 saturated heterocycles. The Morgan fingerprint density at radius 2 is 1.86 bits per heavy atom. The fourth-order valence-electron chi connectivity index (χ4n) is 3.02. The number of hydrogen-bond acceptors (Lipinski definition) is 3. The predicted molar refractivity (Wildman–Crippen MR) is 105 cm³/mol. The number of anilines is 1. The number of likely N-dealkylation sites (tertiary alicyclic amines) is 1. The first-order valence-electron chi connectivity index (χ1n) is 9.46. The minimum absolute atomic E-state index is 0.0678. The molecule has 6 nitrogen and oxygen atoms in total. The Balaban J connectivity index is 1.51. The van der Waals surface area contributed by atoms with Crippen LogP contribution in [-0.2, 0) is 11.3 Å². The van der Waals surface area contributed by atoms with Crippen molar-refractivity contribution in [1.82, 2.24) is 10.2 Å². The van der Waals surface area contributed by atoms with Gasteiger partial charge in [-0.2, -0.15) is 0 Å². The largest absolute Gasteiger partial charge is 0.481 e. The number of hydrogen-bond donors (Lipinski definition) is 2. The lowest BCUT2D eigenvalue weighted by atomic mass is 10.2. The smallest absolute Gasteiger partial charge is 0.321 e. The summed E-state index contributed by atoms with van der Waals surface area (Å²) < 4.78 is 31.6. The second kappa shape index (κ2) is 9.36. The molecule has 1 heterocycles. The minimum atomic E-state index is -1.04. The van der Waals surface area contributed by atoms with E-state index in [1.54, 1.807) is 23.1 Å². The van der Waals surface area contributed by atoms with Gasteiger partial charge in [0.05, 0.1) is 0 Å². The van der Waals surface area contributed by atoms with E-state index in [1.807, 2.05) is 6.07 Å². The van der Waals surface area contributed by atoms with Crippen LogP contribution in [0.2, 0.25) is 0 Å². The Kier molecular flexibility index (Phi) is 6.64. The van der Waals surface area contributed by atoms with E-state index >= 15 is 0 Å². The van der Waals surface area contributed by atoms with Gasteiger partial charge in [-0.1, -0.05) is 12.1 Å². The van der Waals surface area contributed by atoms with Crippen molar-refractivity contribution in [3.8, 4) is 5.75 Å². The number of amides is 3. The molecule has 2 aromatic rings. The SMILES string of the molecule is CC(Oc1ccc(F)c(F)c1)C(=O)NCc1cccc(NC(=O)N2CCCC2)c1. The predicted octanol–water partition coefficient (Wildman–Crippen LogP) is 3.68. The van der Waals surface area contributed by atoms with Crippen molar-refractivity contribution in [3.63, 3.8) is 0 Å². The molecular weight excluding hydrogens is 380 g/mol. The molecule has 2 N–H and O–H groups in total. The van der Waals surface area contributed by atoms with Crippen LogP contribution in [0.5, 0.6) is 5.75 Å². The van der Waals surface area contributed by atoms with E-state index in [0.717, 1.165) is 43.6 Å². The first-order chi connectivity index (χ1) is 13.9. The number of carbonyl (C=O) groups is 2. The van der Waals surface area contributed by atoms with Gasteiger partial charge < -0.3 is 20.3 Å². The third-order valence-electron chi connectivity index (χ3n) is 4.61. The average Bonchev–Trinajstić information content (AvgIpc) is 3.24. The van der Waals surface area contributed by atoms with Crippen molar-refractivity contribution in [2.24, 2.45) is 0 Å². The van der Waals surface area contributed by atoms with Crippen LogP contribution in [0.15, 0.2) is 42.5 Å². The maximum Gasteiger partial charge on any atom is 0.321 e. The number of ether oxygens (including phenoxy) is 1. The van der Waals surface area contributed by atoms with Crippen molar-refractivity contribution in [1.29, 1.82) is 0 Å². The van der Waals surface area contributed by atoms with Gasteiger partial charge in [-0.25, -0.2) is 13.6 Å². The van der Waals surface area contributed by atoms with Gasteiger partial charge in [0.15, 0.2) is 17.7 Å². The van der Waals surface area contributed by atoms with E-state index in [0.29, 0.717) is 5.69 Å². The van der Waals surface area contributed by atoms with Crippen molar-refractivity contribution < 1.29 is 23.1 Å². The highest BCUT2D eigenvalue weighted by Crippen LogP contribution is 2.17. The minimum Gasteiger partial charge on any atom is -0.481 e. The van der Waals surface area contributed by atoms with E-state index < -0.39 is 23.6 Å². The van der Waals surface area contributed by atoms with Gasteiger partial charge in [-0.3, -0.25) is 4.79 Å². The van der Waals surface area contributed by atoms with Gasteiger partial charge in [-0.15, -0.1) is 0 Å². The molecule has 154 valence electrons.